The molecule has 1 heterocycles. The number of aromatic nitrogens is 2. The highest BCUT2D eigenvalue weighted by Crippen LogP contribution is 2.14. The predicted octanol–water partition coefficient (Wildman–Crippen LogP) is 3.30. The Kier molecular flexibility index (Phi) is 5.47. The summed E-state index contributed by atoms with van der Waals surface area (Å²) in [6, 6.07) is 9.53. The summed E-state index contributed by atoms with van der Waals surface area (Å²) in [6.45, 7) is 6.92. The van der Waals surface area contributed by atoms with Crippen molar-refractivity contribution in [1.29, 1.82) is 0 Å². The van der Waals surface area contributed by atoms with Crippen molar-refractivity contribution in [2.24, 2.45) is 5.92 Å². The van der Waals surface area contributed by atoms with Crippen molar-refractivity contribution in [3.63, 3.8) is 0 Å². The SMILES string of the molecule is Cc1cccc(Nc2nccc(C(=O)NCCC(C)C)n2)c1. The van der Waals surface area contributed by atoms with Gasteiger partial charge in [0.2, 0.25) is 5.95 Å². The van der Waals surface area contributed by atoms with Gasteiger partial charge in [-0.1, -0.05) is 26.0 Å². The minimum absolute atomic E-state index is 0.171. The second kappa shape index (κ2) is 7.54. The van der Waals surface area contributed by atoms with Gasteiger partial charge in [-0.25, -0.2) is 9.97 Å². The molecule has 5 nitrogen and oxygen atoms in total. The van der Waals surface area contributed by atoms with E-state index in [1.807, 2.05) is 31.2 Å². The maximum atomic E-state index is 12.1. The van der Waals surface area contributed by atoms with Crippen LogP contribution in [-0.2, 0) is 0 Å². The molecule has 0 fully saturated rings. The molecule has 0 unspecified atom stereocenters. The van der Waals surface area contributed by atoms with Gasteiger partial charge in [0.25, 0.3) is 5.91 Å². The van der Waals surface area contributed by atoms with E-state index in [4.69, 9.17) is 0 Å². The molecule has 0 aliphatic carbocycles. The minimum atomic E-state index is -0.171. The Morgan fingerprint density at radius 1 is 1.27 bits per heavy atom. The van der Waals surface area contributed by atoms with Crippen LogP contribution in [0, 0.1) is 12.8 Å². The first-order chi connectivity index (χ1) is 10.5. The Labute approximate surface area is 131 Å². The van der Waals surface area contributed by atoms with Crippen LogP contribution in [0.3, 0.4) is 0 Å². The highest BCUT2D eigenvalue weighted by Gasteiger charge is 2.08. The third-order valence-electron chi connectivity index (χ3n) is 3.17. The molecule has 2 N–H and O–H groups in total. The molecule has 0 spiro atoms. The van der Waals surface area contributed by atoms with Crippen molar-refractivity contribution in [2.75, 3.05) is 11.9 Å². The molecule has 116 valence electrons. The molecular weight excluding hydrogens is 276 g/mol. The van der Waals surface area contributed by atoms with Gasteiger partial charge in [0.05, 0.1) is 0 Å². The van der Waals surface area contributed by atoms with Crippen LogP contribution in [0.15, 0.2) is 36.5 Å². The highest BCUT2D eigenvalue weighted by atomic mass is 16.1. The third-order valence-corrected chi connectivity index (χ3v) is 3.17. The molecule has 2 rings (SSSR count). The molecule has 1 aromatic heterocycles. The molecule has 0 saturated carbocycles. The van der Waals surface area contributed by atoms with E-state index in [1.54, 1.807) is 12.3 Å². The van der Waals surface area contributed by atoms with Crippen molar-refractivity contribution in [1.82, 2.24) is 15.3 Å². The molecule has 0 saturated heterocycles. The van der Waals surface area contributed by atoms with Crippen LogP contribution in [0.4, 0.5) is 11.6 Å². The molecule has 1 amide bonds. The lowest BCUT2D eigenvalue weighted by atomic mass is 10.1. The number of carbonyl (C=O) groups is 1. The summed E-state index contributed by atoms with van der Waals surface area (Å²) in [5, 5.41) is 5.99. The lowest BCUT2D eigenvalue weighted by Gasteiger charge is -2.08. The molecule has 0 atom stereocenters. The molecule has 5 heteroatoms. The number of benzene rings is 1. The van der Waals surface area contributed by atoms with Crippen LogP contribution in [-0.4, -0.2) is 22.4 Å². The van der Waals surface area contributed by atoms with E-state index in [9.17, 15) is 4.79 Å². The van der Waals surface area contributed by atoms with Crippen LogP contribution < -0.4 is 10.6 Å². The van der Waals surface area contributed by atoms with E-state index in [0.29, 0.717) is 24.1 Å². The number of anilines is 2. The minimum Gasteiger partial charge on any atom is -0.351 e. The highest BCUT2D eigenvalue weighted by molar-refractivity contribution is 5.92. The van der Waals surface area contributed by atoms with Crippen molar-refractivity contribution in [3.8, 4) is 0 Å². The molecule has 22 heavy (non-hydrogen) atoms. The lowest BCUT2D eigenvalue weighted by molar-refractivity contribution is 0.0947. The molecule has 0 aliphatic rings. The zero-order valence-corrected chi connectivity index (χ0v) is 13.3. The van der Waals surface area contributed by atoms with Crippen LogP contribution in [0.2, 0.25) is 0 Å². The standard InChI is InChI=1S/C17H22N4O/c1-12(2)7-9-18-16(22)15-8-10-19-17(21-15)20-14-6-4-5-13(3)11-14/h4-6,8,10-12H,7,9H2,1-3H3,(H,18,22)(H,19,20,21). The smallest absolute Gasteiger partial charge is 0.270 e. The Bertz CT molecular complexity index is 640. The van der Waals surface area contributed by atoms with Gasteiger partial charge in [0, 0.05) is 18.4 Å². The van der Waals surface area contributed by atoms with Crippen molar-refractivity contribution in [2.45, 2.75) is 27.2 Å². The fourth-order valence-electron chi connectivity index (χ4n) is 1.96. The number of aryl methyl sites for hydroxylation is 1. The van der Waals surface area contributed by atoms with Crippen LogP contribution in [0.1, 0.15) is 36.3 Å². The number of hydrogen-bond acceptors (Lipinski definition) is 4. The largest absolute Gasteiger partial charge is 0.351 e. The number of nitrogens with zero attached hydrogens (tertiary/aromatic N) is 2. The molecule has 0 aliphatic heterocycles. The van der Waals surface area contributed by atoms with Crippen LogP contribution in [0.25, 0.3) is 0 Å². The number of nitrogens with one attached hydrogen (secondary N) is 2. The Morgan fingerprint density at radius 2 is 2.09 bits per heavy atom. The van der Waals surface area contributed by atoms with Crippen molar-refractivity contribution in [3.05, 3.63) is 47.8 Å². The first-order valence-corrected chi connectivity index (χ1v) is 7.49. The van der Waals surface area contributed by atoms with Gasteiger partial charge in [-0.15, -0.1) is 0 Å². The van der Waals surface area contributed by atoms with E-state index in [0.717, 1.165) is 17.7 Å². The third kappa shape index (κ3) is 4.84. The second-order valence-corrected chi connectivity index (χ2v) is 5.70. The summed E-state index contributed by atoms with van der Waals surface area (Å²) >= 11 is 0. The quantitative estimate of drug-likeness (QED) is 0.858. The topological polar surface area (TPSA) is 66.9 Å². The van der Waals surface area contributed by atoms with E-state index in [2.05, 4.69) is 34.4 Å². The van der Waals surface area contributed by atoms with Gasteiger partial charge >= 0.3 is 0 Å². The number of hydrogen-bond donors (Lipinski definition) is 2. The maximum Gasteiger partial charge on any atom is 0.270 e. The number of rotatable bonds is 6. The van der Waals surface area contributed by atoms with Crippen molar-refractivity contribution < 1.29 is 4.79 Å². The van der Waals surface area contributed by atoms with Gasteiger partial charge in [0.15, 0.2) is 0 Å². The predicted molar refractivity (Wildman–Crippen MR) is 88.3 cm³/mol. The van der Waals surface area contributed by atoms with Crippen LogP contribution >= 0.6 is 0 Å². The fourth-order valence-corrected chi connectivity index (χ4v) is 1.96. The maximum absolute atomic E-state index is 12.1. The fraction of sp³-hybridized carbons (Fsp3) is 0.353. The average Bonchev–Trinajstić information content (AvgIpc) is 2.47. The zero-order valence-electron chi connectivity index (χ0n) is 13.3. The van der Waals surface area contributed by atoms with Crippen LogP contribution in [0.5, 0.6) is 0 Å². The molecule has 0 bridgehead atoms. The monoisotopic (exact) mass is 298 g/mol. The van der Waals surface area contributed by atoms with E-state index in [-0.39, 0.29) is 5.91 Å². The van der Waals surface area contributed by atoms with Gasteiger partial charge in [-0.3, -0.25) is 4.79 Å². The molecule has 1 aromatic carbocycles. The first-order valence-electron chi connectivity index (χ1n) is 7.49. The second-order valence-electron chi connectivity index (χ2n) is 5.70. The van der Waals surface area contributed by atoms with Gasteiger partial charge in [0.1, 0.15) is 5.69 Å². The molecule has 2 aromatic rings. The normalized spacial score (nSPS) is 10.5. The summed E-state index contributed by atoms with van der Waals surface area (Å²) in [4.78, 5) is 20.5. The van der Waals surface area contributed by atoms with Gasteiger partial charge in [-0.05, 0) is 43.0 Å². The average molecular weight is 298 g/mol. The number of carbonyl (C=O) groups excluding carboxylic acids is 1. The summed E-state index contributed by atoms with van der Waals surface area (Å²) < 4.78 is 0. The van der Waals surface area contributed by atoms with E-state index < -0.39 is 0 Å². The van der Waals surface area contributed by atoms with Gasteiger partial charge in [-0.2, -0.15) is 0 Å². The zero-order chi connectivity index (χ0) is 15.9. The Morgan fingerprint density at radius 3 is 2.82 bits per heavy atom. The number of amides is 1. The van der Waals surface area contributed by atoms with Gasteiger partial charge < -0.3 is 10.6 Å². The van der Waals surface area contributed by atoms with Crippen molar-refractivity contribution >= 4 is 17.5 Å². The Balaban J connectivity index is 2.01. The summed E-state index contributed by atoms with van der Waals surface area (Å²) in [6.07, 6.45) is 2.54. The lowest BCUT2D eigenvalue weighted by Crippen LogP contribution is -2.26. The molecule has 0 radical (unpaired) electrons. The first kappa shape index (κ1) is 15.9. The summed E-state index contributed by atoms with van der Waals surface area (Å²) in [7, 11) is 0. The summed E-state index contributed by atoms with van der Waals surface area (Å²) in [5.41, 5.74) is 2.42. The Hall–Kier alpha value is -2.43. The van der Waals surface area contributed by atoms with E-state index >= 15 is 0 Å². The van der Waals surface area contributed by atoms with E-state index in [1.165, 1.54) is 0 Å². The molecular formula is C17H22N4O. The summed E-state index contributed by atoms with van der Waals surface area (Å²) in [5.74, 6) is 0.807.